The predicted molar refractivity (Wildman–Crippen MR) is 136 cm³/mol. The lowest BCUT2D eigenvalue weighted by Gasteiger charge is -2.58. The van der Waals surface area contributed by atoms with E-state index in [-0.39, 0.29) is 29.5 Å². The minimum Gasteiger partial charge on any atom is -0.481 e. The molecule has 10 heteroatoms. The van der Waals surface area contributed by atoms with Crippen molar-refractivity contribution in [3.8, 4) is 0 Å². The molecule has 0 aromatic heterocycles. The molecule has 10 nitrogen and oxygen atoms in total. The molecule has 7 atom stereocenters. The number of aliphatic carboxylic acids is 2. The number of hydrogen-bond acceptors (Lipinski definition) is 7. The third-order valence-electron chi connectivity index (χ3n) is 10.2. The molecular weight excluding hydrogens is 492 g/mol. The van der Waals surface area contributed by atoms with Crippen LogP contribution in [0.5, 0.6) is 0 Å². The zero-order valence-electron chi connectivity index (χ0n) is 22.4. The van der Waals surface area contributed by atoms with Crippen molar-refractivity contribution < 1.29 is 39.3 Å². The van der Waals surface area contributed by atoms with Gasteiger partial charge in [-0.15, -0.1) is 0 Å². The van der Waals surface area contributed by atoms with Crippen LogP contribution in [0.25, 0.3) is 0 Å². The van der Waals surface area contributed by atoms with Gasteiger partial charge in [-0.2, -0.15) is 0 Å². The van der Waals surface area contributed by atoms with Gasteiger partial charge < -0.3 is 20.6 Å². The Morgan fingerprint density at radius 2 is 1.82 bits per heavy atom. The molecule has 4 aliphatic carbocycles. The summed E-state index contributed by atoms with van der Waals surface area (Å²) in [5, 5.41) is 31.5. The molecule has 0 bridgehead atoms. The number of hydrogen-bond donors (Lipinski definition) is 5. The number of nitrogens with one attached hydrogen (secondary N) is 2. The maximum atomic E-state index is 12.4. The quantitative estimate of drug-likeness (QED) is 0.266. The fourth-order valence-corrected chi connectivity index (χ4v) is 8.03. The predicted octanol–water partition coefficient (Wildman–Crippen LogP) is 2.72. The second-order valence-corrected chi connectivity index (χ2v) is 12.1. The molecule has 0 aliphatic heterocycles. The van der Waals surface area contributed by atoms with Crippen LogP contribution in [-0.4, -0.2) is 57.2 Å². The van der Waals surface area contributed by atoms with Crippen molar-refractivity contribution in [2.75, 3.05) is 6.61 Å². The minimum absolute atomic E-state index is 0.0113. The first-order valence-electron chi connectivity index (χ1n) is 13.6. The van der Waals surface area contributed by atoms with E-state index < -0.39 is 36.1 Å². The van der Waals surface area contributed by atoms with E-state index in [2.05, 4.69) is 36.8 Å². The molecule has 0 radical (unpaired) electrons. The summed E-state index contributed by atoms with van der Waals surface area (Å²) in [5.41, 5.74) is 3.30. The van der Waals surface area contributed by atoms with Gasteiger partial charge in [-0.3, -0.25) is 24.7 Å². The molecule has 4 rings (SSSR count). The summed E-state index contributed by atoms with van der Waals surface area (Å²) >= 11 is 0. The van der Waals surface area contributed by atoms with E-state index in [0.29, 0.717) is 24.2 Å². The lowest BCUT2D eigenvalue weighted by atomic mass is 9.46. The van der Waals surface area contributed by atoms with Crippen LogP contribution in [0.1, 0.15) is 78.6 Å². The van der Waals surface area contributed by atoms with Gasteiger partial charge in [0.15, 0.2) is 12.4 Å². The summed E-state index contributed by atoms with van der Waals surface area (Å²) in [6.07, 6.45) is 9.58. The van der Waals surface area contributed by atoms with Crippen molar-refractivity contribution in [3.05, 3.63) is 23.4 Å². The van der Waals surface area contributed by atoms with Gasteiger partial charge >= 0.3 is 11.9 Å². The Balaban J connectivity index is 1.34. The van der Waals surface area contributed by atoms with Gasteiger partial charge in [-0.05, 0) is 87.5 Å². The summed E-state index contributed by atoms with van der Waals surface area (Å²) in [6.45, 7) is 5.55. The summed E-state index contributed by atoms with van der Waals surface area (Å²) < 4.78 is 0. The highest BCUT2D eigenvalue weighted by Crippen LogP contribution is 2.67. The fourth-order valence-electron chi connectivity index (χ4n) is 8.03. The molecule has 210 valence electrons. The SMILES string of the molecule is CC(=O)[C@]1(O)CC[C@H]2[C@@H]3CCC4=CC(NOCC(=O)N[C@@H](CCC(=O)O)C(=O)O)=CC[C@]4(C)[C@H]3CC[C@@]21C. The Hall–Kier alpha value is -2.72. The van der Waals surface area contributed by atoms with Crippen LogP contribution in [0.3, 0.4) is 0 Å². The highest BCUT2D eigenvalue weighted by Gasteiger charge is 2.65. The Kier molecular flexibility index (Phi) is 7.78. The van der Waals surface area contributed by atoms with E-state index in [1.807, 2.05) is 0 Å². The smallest absolute Gasteiger partial charge is 0.326 e. The van der Waals surface area contributed by atoms with Crippen LogP contribution < -0.4 is 10.8 Å². The largest absolute Gasteiger partial charge is 0.481 e. The second kappa shape index (κ2) is 10.4. The topological polar surface area (TPSA) is 162 Å². The fraction of sp³-hybridized carbons (Fsp3) is 0.714. The third kappa shape index (κ3) is 4.88. The van der Waals surface area contributed by atoms with Crippen LogP contribution in [-0.2, 0) is 24.0 Å². The molecular formula is C28H40N2O8. The first-order valence-corrected chi connectivity index (χ1v) is 13.6. The van der Waals surface area contributed by atoms with Crippen molar-refractivity contribution in [1.82, 2.24) is 10.8 Å². The van der Waals surface area contributed by atoms with E-state index in [1.165, 1.54) is 12.5 Å². The molecule has 4 aliphatic rings. The van der Waals surface area contributed by atoms with Gasteiger partial charge in [0.2, 0.25) is 5.91 Å². The molecule has 0 unspecified atom stereocenters. The van der Waals surface area contributed by atoms with Crippen molar-refractivity contribution in [2.24, 2.45) is 28.6 Å². The number of aliphatic hydroxyl groups is 1. The number of rotatable bonds is 10. The Labute approximate surface area is 222 Å². The standard InChI is InChI=1S/C28H40N2O8/c1-16(31)28(37)13-10-21-19-5-4-17-14-18(8-11-26(17,2)20(19)9-12-27(21,28)3)30-38-15-23(32)29-22(25(35)36)6-7-24(33)34/h8,14,19-22,30,37H,4-7,9-13,15H2,1-3H3,(H,29,32)(H,33,34)(H,35,36)/t19-,20+,21+,22+,26+,27+,28-/m1/s1. The number of hydroxylamine groups is 1. The Bertz CT molecular complexity index is 1070. The van der Waals surface area contributed by atoms with E-state index in [1.54, 1.807) is 0 Å². The van der Waals surface area contributed by atoms with E-state index in [9.17, 15) is 29.4 Å². The summed E-state index contributed by atoms with van der Waals surface area (Å²) in [5.74, 6) is -1.92. The molecule has 3 saturated carbocycles. The summed E-state index contributed by atoms with van der Waals surface area (Å²) in [7, 11) is 0. The maximum Gasteiger partial charge on any atom is 0.326 e. The first-order chi connectivity index (χ1) is 17.8. The van der Waals surface area contributed by atoms with Crippen LogP contribution in [0.2, 0.25) is 0 Å². The average Bonchev–Trinajstić information content (AvgIpc) is 3.13. The van der Waals surface area contributed by atoms with Gasteiger partial charge in [-0.25, -0.2) is 4.79 Å². The number of carboxylic acids is 2. The number of carbonyl (C=O) groups excluding carboxylic acids is 2. The number of amides is 1. The molecule has 0 heterocycles. The first kappa shape index (κ1) is 28.3. The molecule has 3 fully saturated rings. The van der Waals surface area contributed by atoms with Crippen LogP contribution in [0, 0.1) is 28.6 Å². The highest BCUT2D eigenvalue weighted by molar-refractivity contribution is 5.86. The van der Waals surface area contributed by atoms with E-state index in [4.69, 9.17) is 9.94 Å². The monoisotopic (exact) mass is 532 g/mol. The molecule has 38 heavy (non-hydrogen) atoms. The Morgan fingerprint density at radius 1 is 1.11 bits per heavy atom. The summed E-state index contributed by atoms with van der Waals surface area (Å²) in [6, 6.07) is -1.29. The minimum atomic E-state index is -1.30. The van der Waals surface area contributed by atoms with Gasteiger partial charge in [0.25, 0.3) is 0 Å². The molecule has 0 aromatic rings. The van der Waals surface area contributed by atoms with Crippen molar-refractivity contribution in [1.29, 1.82) is 0 Å². The lowest BCUT2D eigenvalue weighted by Crippen LogP contribution is -2.56. The maximum absolute atomic E-state index is 12.4. The third-order valence-corrected chi connectivity index (χ3v) is 10.2. The number of Topliss-reactive ketones (excluding diaryl/α,β-unsaturated/α-hetero) is 1. The lowest BCUT2D eigenvalue weighted by molar-refractivity contribution is -0.159. The van der Waals surface area contributed by atoms with Crippen LogP contribution in [0.4, 0.5) is 0 Å². The van der Waals surface area contributed by atoms with Crippen LogP contribution in [0.15, 0.2) is 23.4 Å². The zero-order chi connectivity index (χ0) is 27.9. The number of ketones is 1. The van der Waals surface area contributed by atoms with E-state index in [0.717, 1.165) is 44.2 Å². The zero-order valence-corrected chi connectivity index (χ0v) is 22.4. The van der Waals surface area contributed by atoms with E-state index >= 15 is 0 Å². The second-order valence-electron chi connectivity index (χ2n) is 12.1. The molecule has 5 N–H and O–H groups in total. The summed E-state index contributed by atoms with van der Waals surface area (Å²) in [4.78, 5) is 51.8. The molecule has 0 saturated heterocycles. The van der Waals surface area contributed by atoms with Gasteiger partial charge in [0.05, 0.1) is 5.70 Å². The number of carbonyl (C=O) groups is 4. The molecule has 0 aromatic carbocycles. The van der Waals surface area contributed by atoms with Gasteiger partial charge in [-0.1, -0.05) is 25.5 Å². The number of allylic oxidation sites excluding steroid dienone is 3. The van der Waals surface area contributed by atoms with Crippen LogP contribution >= 0.6 is 0 Å². The molecule has 0 spiro atoms. The van der Waals surface area contributed by atoms with Crippen molar-refractivity contribution in [2.45, 2.75) is 90.2 Å². The Morgan fingerprint density at radius 3 is 2.47 bits per heavy atom. The van der Waals surface area contributed by atoms with Crippen molar-refractivity contribution >= 4 is 23.6 Å². The normalized spacial score (nSPS) is 36.5. The number of carboxylic acid groups (broad SMARTS) is 2. The van der Waals surface area contributed by atoms with Gasteiger partial charge in [0, 0.05) is 11.8 Å². The number of fused-ring (bicyclic) bond motifs is 5. The van der Waals surface area contributed by atoms with Gasteiger partial charge in [0.1, 0.15) is 11.6 Å². The average molecular weight is 533 g/mol. The molecule has 1 amide bonds. The highest BCUT2D eigenvalue weighted by atomic mass is 16.6. The van der Waals surface area contributed by atoms with Crippen molar-refractivity contribution in [3.63, 3.8) is 0 Å².